The number of carbonyl (C=O) groups excluding carboxylic acids is 1. The van der Waals surface area contributed by atoms with Gasteiger partial charge >= 0.3 is 6.03 Å². The number of benzene rings is 3. The number of halogens is 2. The van der Waals surface area contributed by atoms with E-state index in [1.165, 1.54) is 24.5 Å². The summed E-state index contributed by atoms with van der Waals surface area (Å²) in [5, 5.41) is 18.6. The van der Waals surface area contributed by atoms with Crippen molar-refractivity contribution in [2.75, 3.05) is 28.2 Å². The van der Waals surface area contributed by atoms with Gasteiger partial charge < -0.3 is 21.1 Å². The van der Waals surface area contributed by atoms with Gasteiger partial charge in [0.2, 0.25) is 5.95 Å². The average Bonchev–Trinajstić information content (AvgIpc) is 2.98. The fourth-order valence-corrected chi connectivity index (χ4v) is 7.06. The zero-order chi connectivity index (χ0) is 33.6. The van der Waals surface area contributed by atoms with Crippen molar-refractivity contribution in [2.24, 2.45) is 4.36 Å². The Bertz CT molecular complexity index is 1970. The molecule has 46 heavy (non-hydrogen) atoms. The molecule has 2 atom stereocenters. The monoisotopic (exact) mass is 705 g/mol. The number of aromatic nitrogens is 2. The van der Waals surface area contributed by atoms with Crippen LogP contribution in [0, 0.1) is 0 Å². The number of sulfonamides is 1. The maximum absolute atomic E-state index is 13.2. The minimum Gasteiger partial charge on any atom is -0.394 e. The predicted octanol–water partition coefficient (Wildman–Crippen LogP) is 6.36. The largest absolute Gasteiger partial charge is 0.394 e. The highest BCUT2D eigenvalue weighted by atomic mass is 35.5. The number of hydrogen-bond donors (Lipinski definition) is 5. The van der Waals surface area contributed by atoms with Crippen molar-refractivity contribution < 1.29 is 22.5 Å². The van der Waals surface area contributed by atoms with Crippen LogP contribution in [0.25, 0.3) is 11.1 Å². The van der Waals surface area contributed by atoms with Gasteiger partial charge in [0.1, 0.15) is 10.7 Å². The third kappa shape index (κ3) is 8.85. The third-order valence-corrected chi connectivity index (χ3v) is 10.3. The fraction of sp³-hybridized carbons (Fsp3) is 0.233. The summed E-state index contributed by atoms with van der Waals surface area (Å²) in [6.45, 7) is 5.17. The summed E-state index contributed by atoms with van der Waals surface area (Å²) in [4.78, 5) is 21.4. The Balaban J connectivity index is 1.60. The maximum Gasteiger partial charge on any atom is 0.349 e. The molecule has 0 spiro atoms. The molecule has 0 saturated carbocycles. The minimum atomic E-state index is -4.01. The molecule has 244 valence electrons. The molecule has 0 fully saturated rings. The van der Waals surface area contributed by atoms with Crippen LogP contribution in [0.2, 0.25) is 10.0 Å². The van der Waals surface area contributed by atoms with Crippen molar-refractivity contribution in [2.45, 2.75) is 42.6 Å². The molecular weight excluding hydrogens is 673 g/mol. The molecule has 2 unspecified atom stereocenters. The van der Waals surface area contributed by atoms with Crippen molar-refractivity contribution >= 4 is 72.1 Å². The van der Waals surface area contributed by atoms with Gasteiger partial charge in [0.15, 0.2) is 0 Å². The molecule has 0 radical (unpaired) electrons. The van der Waals surface area contributed by atoms with Crippen LogP contribution in [0.4, 0.5) is 27.9 Å². The lowest BCUT2D eigenvalue weighted by atomic mass is 10.1. The summed E-state index contributed by atoms with van der Waals surface area (Å²) >= 11 is 12.1. The van der Waals surface area contributed by atoms with Crippen molar-refractivity contribution in [3.05, 3.63) is 83.0 Å². The van der Waals surface area contributed by atoms with Crippen LogP contribution in [0.5, 0.6) is 0 Å². The SMILES string of the molecule is CC(C)NC(=O)N=S(C)(=O)c1cccc(Nc2ncc(-c3ccc(NS(=O)(=O)c4cccc(Cl)c4Cl)cc3)c(NC(C)CO)n2)c1. The molecule has 0 saturated heterocycles. The summed E-state index contributed by atoms with van der Waals surface area (Å²) in [6.07, 6.45) is 2.96. The zero-order valence-corrected chi connectivity index (χ0v) is 28.4. The molecule has 0 bridgehead atoms. The number of rotatable bonds is 11. The summed E-state index contributed by atoms with van der Waals surface area (Å²) in [7, 11) is -7.05. The molecular formula is C30H33Cl2N7O5S2. The number of nitrogens with zero attached hydrogens (tertiary/aromatic N) is 3. The van der Waals surface area contributed by atoms with Crippen LogP contribution < -0.4 is 20.7 Å². The van der Waals surface area contributed by atoms with Crippen molar-refractivity contribution in [1.82, 2.24) is 15.3 Å². The maximum atomic E-state index is 13.2. The molecule has 16 heteroatoms. The molecule has 4 rings (SSSR count). The van der Waals surface area contributed by atoms with Crippen LogP contribution in [0.15, 0.2) is 87.1 Å². The molecule has 4 aromatic rings. The van der Waals surface area contributed by atoms with Gasteiger partial charge in [0.05, 0.1) is 26.4 Å². The van der Waals surface area contributed by atoms with Crippen molar-refractivity contribution in [1.29, 1.82) is 0 Å². The average molecular weight is 707 g/mol. The molecule has 0 aliphatic carbocycles. The number of aliphatic hydroxyl groups excluding tert-OH is 1. The quantitative estimate of drug-likeness (QED) is 0.119. The molecule has 0 aliphatic heterocycles. The number of anilines is 4. The van der Waals surface area contributed by atoms with Gasteiger partial charge in [-0.3, -0.25) is 4.72 Å². The topological polar surface area (TPSA) is 175 Å². The Kier molecular flexibility index (Phi) is 11.1. The first-order valence-corrected chi connectivity index (χ1v) is 18.1. The minimum absolute atomic E-state index is 0.0769. The highest BCUT2D eigenvalue weighted by Gasteiger charge is 2.20. The highest BCUT2D eigenvalue weighted by molar-refractivity contribution is 7.93. The van der Waals surface area contributed by atoms with Gasteiger partial charge in [-0.2, -0.15) is 4.98 Å². The number of hydrogen-bond acceptors (Lipinski definition) is 9. The second kappa shape index (κ2) is 14.6. The Morgan fingerprint density at radius 3 is 2.35 bits per heavy atom. The smallest absolute Gasteiger partial charge is 0.349 e. The first-order chi connectivity index (χ1) is 21.7. The van der Waals surface area contributed by atoms with Crippen LogP contribution in [-0.4, -0.2) is 58.7 Å². The Hall–Kier alpha value is -3.95. The number of aliphatic hydroxyl groups is 1. The summed E-state index contributed by atoms with van der Waals surface area (Å²) in [5.41, 5.74) is 2.05. The van der Waals surface area contributed by atoms with E-state index in [0.717, 1.165) is 0 Å². The third-order valence-electron chi connectivity index (χ3n) is 6.30. The van der Waals surface area contributed by atoms with Crippen LogP contribution >= 0.6 is 23.2 Å². The Morgan fingerprint density at radius 2 is 1.67 bits per heavy atom. The lowest BCUT2D eigenvalue weighted by molar-refractivity contribution is 0.247. The van der Waals surface area contributed by atoms with E-state index in [9.17, 15) is 22.5 Å². The highest BCUT2D eigenvalue weighted by Crippen LogP contribution is 2.32. The van der Waals surface area contributed by atoms with E-state index in [0.29, 0.717) is 27.5 Å². The van der Waals surface area contributed by atoms with E-state index in [1.54, 1.807) is 75.5 Å². The summed E-state index contributed by atoms with van der Waals surface area (Å²) in [6, 6.07) is 16.3. The van der Waals surface area contributed by atoms with Gasteiger partial charge in [-0.15, -0.1) is 4.36 Å². The van der Waals surface area contributed by atoms with E-state index >= 15 is 0 Å². The van der Waals surface area contributed by atoms with Crippen molar-refractivity contribution in [3.63, 3.8) is 0 Å². The van der Waals surface area contributed by atoms with E-state index in [1.807, 2.05) is 0 Å². The lowest BCUT2D eigenvalue weighted by Crippen LogP contribution is -2.28. The lowest BCUT2D eigenvalue weighted by Gasteiger charge is -2.17. The van der Waals surface area contributed by atoms with Gasteiger partial charge in [-0.05, 0) is 68.8 Å². The number of amides is 2. The molecule has 12 nitrogen and oxygen atoms in total. The fourth-order valence-electron chi connectivity index (χ4n) is 4.08. The van der Waals surface area contributed by atoms with E-state index < -0.39 is 25.8 Å². The molecule has 0 aliphatic rings. The standard InChI is InChI=1S/C30H33Cl2N7O5S2/c1-18(2)34-30(41)39-45(4,42)23-8-5-7-22(15-23)36-29-33-16-24(28(37-29)35-19(3)17-40)20-11-13-21(14-12-20)38-46(43,44)26-10-6-9-25(31)27(26)32/h5-16,18-19,38,40H,17H2,1-4H3,(H,34,41)(H2,33,35,36,37). The normalized spacial score (nSPS) is 13.4. The van der Waals surface area contributed by atoms with Crippen LogP contribution in [-0.2, 0) is 19.8 Å². The molecule has 3 aromatic carbocycles. The Morgan fingerprint density at radius 1 is 0.978 bits per heavy atom. The summed E-state index contributed by atoms with van der Waals surface area (Å²) in [5.74, 6) is 0.599. The second-order valence-electron chi connectivity index (χ2n) is 10.6. The first kappa shape index (κ1) is 34.9. The molecule has 1 aromatic heterocycles. The van der Waals surface area contributed by atoms with Gasteiger partial charge in [-0.1, -0.05) is 47.5 Å². The molecule has 5 N–H and O–H groups in total. The van der Waals surface area contributed by atoms with Gasteiger partial charge in [0, 0.05) is 46.4 Å². The van der Waals surface area contributed by atoms with E-state index in [-0.39, 0.29) is 45.3 Å². The number of carbonyl (C=O) groups is 1. The van der Waals surface area contributed by atoms with Crippen molar-refractivity contribution in [3.8, 4) is 11.1 Å². The summed E-state index contributed by atoms with van der Waals surface area (Å²) < 4.78 is 45.4. The molecule has 2 amide bonds. The molecule has 1 heterocycles. The first-order valence-electron chi connectivity index (χ1n) is 13.9. The van der Waals surface area contributed by atoms with E-state index in [2.05, 4.69) is 35.0 Å². The Labute approximate surface area is 278 Å². The van der Waals surface area contributed by atoms with Gasteiger partial charge in [0.25, 0.3) is 10.0 Å². The van der Waals surface area contributed by atoms with E-state index in [4.69, 9.17) is 23.2 Å². The van der Waals surface area contributed by atoms with Crippen LogP contribution in [0.3, 0.4) is 0 Å². The number of urea groups is 1. The predicted molar refractivity (Wildman–Crippen MR) is 183 cm³/mol. The van der Waals surface area contributed by atoms with Gasteiger partial charge in [-0.25, -0.2) is 22.4 Å². The van der Waals surface area contributed by atoms with Crippen LogP contribution in [0.1, 0.15) is 20.8 Å². The zero-order valence-electron chi connectivity index (χ0n) is 25.3. The number of nitrogens with one attached hydrogen (secondary N) is 4. The second-order valence-corrected chi connectivity index (χ2v) is 15.3.